The molecule has 144 valence electrons. The molecule has 4 nitrogen and oxygen atoms in total. The fraction of sp³-hybridized carbons (Fsp3) is 0.500. The van der Waals surface area contributed by atoms with Gasteiger partial charge >= 0.3 is 0 Å². The summed E-state index contributed by atoms with van der Waals surface area (Å²) < 4.78 is 0. The van der Waals surface area contributed by atoms with Gasteiger partial charge < -0.3 is 4.79 Å². The van der Waals surface area contributed by atoms with Crippen LogP contribution in [0.4, 0.5) is 0 Å². The summed E-state index contributed by atoms with van der Waals surface area (Å²) in [6.45, 7) is 2.22. The maximum atomic E-state index is 10.8. The van der Waals surface area contributed by atoms with E-state index in [9.17, 15) is 14.9 Å². The average molecular weight is 360 g/mol. The van der Waals surface area contributed by atoms with Crippen molar-refractivity contribution in [1.29, 1.82) is 0 Å². The number of unbranched alkanes of at least 4 members (excludes halogenated alkanes) is 3. The lowest BCUT2D eigenvalue weighted by molar-refractivity contribution is -0.428. The van der Waals surface area contributed by atoms with Crippen LogP contribution >= 0.6 is 0 Å². The molecule has 0 amide bonds. The summed E-state index contributed by atoms with van der Waals surface area (Å²) in [7, 11) is 0. The van der Waals surface area contributed by atoms with Crippen molar-refractivity contribution in [2.24, 2.45) is 0 Å². The fourth-order valence-corrected chi connectivity index (χ4v) is 2.22. The quantitative estimate of drug-likeness (QED) is 0.104. The van der Waals surface area contributed by atoms with E-state index in [0.717, 1.165) is 19.3 Å². The Morgan fingerprint density at radius 2 is 1.35 bits per heavy atom. The average Bonchev–Trinajstić information content (AvgIpc) is 2.63. The summed E-state index contributed by atoms with van der Waals surface area (Å²) in [5.74, 6) is 0. The zero-order valence-electron chi connectivity index (χ0n) is 16.0. The standard InChI is InChI=1S/C22H33NO3/c1-2-3-4-5-6-7-8-9-10-11-12-13-14-15-16-17-19-22(23(25)26)20-18-21-24/h6-7,9-10,12-13,15-16,19,21H,2-5,8,11,14,17-18,20H2,1H3/b7-6-,10-9-,13-12-,16-15-,22-19+. The minimum atomic E-state index is -0.413. The van der Waals surface area contributed by atoms with Crippen molar-refractivity contribution in [2.45, 2.75) is 71.1 Å². The van der Waals surface area contributed by atoms with Crippen LogP contribution in [0.5, 0.6) is 0 Å². The molecule has 0 saturated heterocycles. The first-order valence-corrected chi connectivity index (χ1v) is 9.59. The zero-order valence-corrected chi connectivity index (χ0v) is 16.0. The molecule has 0 fully saturated rings. The van der Waals surface area contributed by atoms with Gasteiger partial charge in [-0.1, -0.05) is 68.4 Å². The van der Waals surface area contributed by atoms with Crippen LogP contribution in [0.15, 0.2) is 60.4 Å². The minimum Gasteiger partial charge on any atom is -0.303 e. The Kier molecular flexibility index (Phi) is 17.5. The van der Waals surface area contributed by atoms with Crippen LogP contribution in [-0.2, 0) is 4.79 Å². The molecular formula is C22H33NO3. The molecule has 0 rings (SSSR count). The van der Waals surface area contributed by atoms with Gasteiger partial charge in [-0.2, -0.15) is 0 Å². The van der Waals surface area contributed by atoms with E-state index in [0.29, 0.717) is 12.7 Å². The molecule has 4 heteroatoms. The molecule has 0 spiro atoms. The summed E-state index contributed by atoms with van der Waals surface area (Å²) in [4.78, 5) is 20.6. The first-order chi connectivity index (χ1) is 12.7. The first-order valence-electron chi connectivity index (χ1n) is 9.59. The zero-order chi connectivity index (χ0) is 19.3. The largest absolute Gasteiger partial charge is 0.303 e. The molecule has 0 aromatic rings. The molecule has 0 bridgehead atoms. The third-order valence-corrected chi connectivity index (χ3v) is 3.70. The molecule has 0 saturated carbocycles. The third kappa shape index (κ3) is 16.6. The van der Waals surface area contributed by atoms with Crippen molar-refractivity contribution in [1.82, 2.24) is 0 Å². The summed E-state index contributed by atoms with van der Waals surface area (Å²) >= 11 is 0. The van der Waals surface area contributed by atoms with Gasteiger partial charge in [0.25, 0.3) is 0 Å². The molecule has 0 N–H and O–H groups in total. The number of carbonyl (C=O) groups is 1. The van der Waals surface area contributed by atoms with Gasteiger partial charge in [0.05, 0.1) is 4.92 Å². The van der Waals surface area contributed by atoms with Gasteiger partial charge in [-0.25, -0.2) is 0 Å². The predicted octanol–water partition coefficient (Wildman–Crippen LogP) is 6.49. The van der Waals surface area contributed by atoms with E-state index < -0.39 is 4.92 Å². The van der Waals surface area contributed by atoms with E-state index in [1.807, 2.05) is 12.2 Å². The number of carbonyl (C=O) groups excluding carboxylic acids is 1. The number of nitro groups is 1. The van der Waals surface area contributed by atoms with Crippen LogP contribution < -0.4 is 0 Å². The molecule has 0 aromatic heterocycles. The van der Waals surface area contributed by atoms with Gasteiger partial charge in [-0.3, -0.25) is 10.1 Å². The Morgan fingerprint density at radius 3 is 1.85 bits per heavy atom. The Bertz CT molecular complexity index is 513. The van der Waals surface area contributed by atoms with Crippen LogP contribution in [0.25, 0.3) is 0 Å². The van der Waals surface area contributed by atoms with Gasteiger partial charge in [0.15, 0.2) is 0 Å². The van der Waals surface area contributed by atoms with Crippen molar-refractivity contribution in [3.05, 3.63) is 70.5 Å². The Morgan fingerprint density at radius 1 is 0.808 bits per heavy atom. The Hall–Kier alpha value is -2.23. The second kappa shape index (κ2) is 19.1. The van der Waals surface area contributed by atoms with Crippen molar-refractivity contribution >= 4 is 6.29 Å². The van der Waals surface area contributed by atoms with E-state index in [1.54, 1.807) is 6.08 Å². The van der Waals surface area contributed by atoms with Crippen molar-refractivity contribution in [3.63, 3.8) is 0 Å². The topological polar surface area (TPSA) is 60.2 Å². The lowest BCUT2D eigenvalue weighted by Gasteiger charge is -1.93. The maximum absolute atomic E-state index is 10.8. The van der Waals surface area contributed by atoms with Crippen molar-refractivity contribution in [3.8, 4) is 0 Å². The fourth-order valence-electron chi connectivity index (χ4n) is 2.22. The number of nitrogens with zero attached hydrogens (tertiary/aromatic N) is 1. The van der Waals surface area contributed by atoms with Gasteiger partial charge in [-0.05, 0) is 44.6 Å². The van der Waals surface area contributed by atoms with Crippen LogP contribution in [0, 0.1) is 10.1 Å². The predicted molar refractivity (Wildman–Crippen MR) is 110 cm³/mol. The van der Waals surface area contributed by atoms with Crippen LogP contribution in [0.1, 0.15) is 71.1 Å². The molecule has 0 aromatic carbocycles. The number of hydrogen-bond acceptors (Lipinski definition) is 3. The lowest BCUT2D eigenvalue weighted by Crippen LogP contribution is -1.98. The third-order valence-electron chi connectivity index (χ3n) is 3.70. The molecule has 0 aliphatic heterocycles. The highest BCUT2D eigenvalue weighted by atomic mass is 16.6. The molecule has 0 atom stereocenters. The summed E-state index contributed by atoms with van der Waals surface area (Å²) in [5, 5.41) is 10.8. The lowest BCUT2D eigenvalue weighted by atomic mass is 10.2. The van der Waals surface area contributed by atoms with Gasteiger partial charge in [-0.15, -0.1) is 0 Å². The molecule has 0 aliphatic carbocycles. The Labute approximate surface area is 158 Å². The highest BCUT2D eigenvalue weighted by Gasteiger charge is 2.07. The van der Waals surface area contributed by atoms with E-state index in [4.69, 9.17) is 0 Å². The summed E-state index contributed by atoms with van der Waals surface area (Å²) in [6.07, 6.45) is 27.9. The summed E-state index contributed by atoms with van der Waals surface area (Å²) in [6, 6.07) is 0. The van der Waals surface area contributed by atoms with Crippen molar-refractivity contribution in [2.75, 3.05) is 0 Å². The Balaban J connectivity index is 3.79. The van der Waals surface area contributed by atoms with E-state index in [2.05, 4.69) is 43.4 Å². The molecule has 0 radical (unpaired) electrons. The highest BCUT2D eigenvalue weighted by Crippen LogP contribution is 2.06. The van der Waals surface area contributed by atoms with Crippen molar-refractivity contribution < 1.29 is 9.72 Å². The van der Waals surface area contributed by atoms with Gasteiger partial charge in [0.1, 0.15) is 6.29 Å². The number of rotatable bonds is 16. The number of aldehydes is 1. The smallest absolute Gasteiger partial charge is 0.243 e. The highest BCUT2D eigenvalue weighted by molar-refractivity contribution is 5.49. The van der Waals surface area contributed by atoms with E-state index >= 15 is 0 Å². The van der Waals surface area contributed by atoms with E-state index in [-0.39, 0.29) is 18.5 Å². The molecular weight excluding hydrogens is 326 g/mol. The molecule has 26 heavy (non-hydrogen) atoms. The van der Waals surface area contributed by atoms with E-state index in [1.165, 1.54) is 25.7 Å². The summed E-state index contributed by atoms with van der Waals surface area (Å²) in [5.41, 5.74) is 0.113. The monoisotopic (exact) mass is 359 g/mol. The van der Waals surface area contributed by atoms with Gasteiger partial charge in [0, 0.05) is 12.8 Å². The molecule has 0 heterocycles. The second-order valence-electron chi connectivity index (χ2n) is 5.98. The van der Waals surface area contributed by atoms with Gasteiger partial charge in [0.2, 0.25) is 5.70 Å². The first kappa shape index (κ1) is 23.8. The van der Waals surface area contributed by atoms with Crippen LogP contribution in [-0.4, -0.2) is 11.2 Å². The normalized spacial score (nSPS) is 12.9. The maximum Gasteiger partial charge on any atom is 0.243 e. The van der Waals surface area contributed by atoms with Crippen LogP contribution in [0.3, 0.4) is 0 Å². The SMILES string of the molecule is CCCCC/C=C\C/C=C\C/C=C\C/C=C\C/C=C(\CCC=O)[N+](=O)[O-]. The molecule has 0 aliphatic rings. The van der Waals surface area contributed by atoms with Crippen LogP contribution in [0.2, 0.25) is 0 Å². The number of hydrogen-bond donors (Lipinski definition) is 0. The second-order valence-corrected chi connectivity index (χ2v) is 5.98. The molecule has 0 unspecified atom stereocenters. The number of allylic oxidation sites excluding steroid dienone is 10. The minimum absolute atomic E-state index is 0.113.